The van der Waals surface area contributed by atoms with Gasteiger partial charge in [-0.05, 0) is 17.3 Å². The molecule has 124 valence electrons. The van der Waals surface area contributed by atoms with Crippen LogP contribution in [0.1, 0.15) is 60.3 Å². The number of rotatable bonds is 3. The van der Waals surface area contributed by atoms with Crippen molar-refractivity contribution in [3.8, 4) is 0 Å². The summed E-state index contributed by atoms with van der Waals surface area (Å²) in [4.78, 5) is 0. The van der Waals surface area contributed by atoms with Crippen LogP contribution in [0.5, 0.6) is 0 Å². The summed E-state index contributed by atoms with van der Waals surface area (Å²) in [7, 11) is 0. The van der Waals surface area contributed by atoms with Crippen LogP contribution < -0.4 is 0 Å². The molecule has 0 aliphatic carbocycles. The number of hydrogen-bond donors (Lipinski definition) is 2. The van der Waals surface area contributed by atoms with Crippen LogP contribution in [0.2, 0.25) is 0 Å². The summed E-state index contributed by atoms with van der Waals surface area (Å²) in [5.74, 6) is 0. The average Bonchev–Trinajstić information content (AvgIpc) is 2.76. The SMILES string of the molecule is CC(C)(C)C1(O)CCOC(CC(C)(C)C2(O)CCOC2)C1. The molecule has 0 aromatic rings. The van der Waals surface area contributed by atoms with Gasteiger partial charge < -0.3 is 19.7 Å². The Balaban J connectivity index is 2.06. The Morgan fingerprint density at radius 2 is 1.62 bits per heavy atom. The van der Waals surface area contributed by atoms with Gasteiger partial charge in [-0.15, -0.1) is 0 Å². The highest BCUT2D eigenvalue weighted by molar-refractivity contribution is 5.00. The Bertz CT molecular complexity index is 365. The normalized spacial score (nSPS) is 38.7. The first kappa shape index (κ1) is 17.2. The van der Waals surface area contributed by atoms with Crippen molar-refractivity contribution in [1.82, 2.24) is 0 Å². The van der Waals surface area contributed by atoms with E-state index in [1.165, 1.54) is 0 Å². The largest absolute Gasteiger partial charge is 0.389 e. The molecular weight excluding hydrogens is 268 g/mol. The lowest BCUT2D eigenvalue weighted by molar-refractivity contribution is -0.171. The van der Waals surface area contributed by atoms with E-state index >= 15 is 0 Å². The molecule has 2 heterocycles. The van der Waals surface area contributed by atoms with Crippen LogP contribution in [0.3, 0.4) is 0 Å². The molecule has 0 aromatic carbocycles. The van der Waals surface area contributed by atoms with Gasteiger partial charge in [-0.3, -0.25) is 0 Å². The summed E-state index contributed by atoms with van der Waals surface area (Å²) in [6, 6.07) is 0. The van der Waals surface area contributed by atoms with Crippen LogP contribution in [-0.4, -0.2) is 47.3 Å². The van der Waals surface area contributed by atoms with E-state index in [2.05, 4.69) is 34.6 Å². The van der Waals surface area contributed by atoms with Crippen LogP contribution in [0.15, 0.2) is 0 Å². The van der Waals surface area contributed by atoms with Crippen molar-refractivity contribution in [2.24, 2.45) is 10.8 Å². The van der Waals surface area contributed by atoms with Crippen LogP contribution in [0, 0.1) is 10.8 Å². The van der Waals surface area contributed by atoms with E-state index in [1.807, 2.05) is 0 Å². The molecule has 2 saturated heterocycles. The molecule has 3 atom stereocenters. The molecule has 2 N–H and O–H groups in total. The van der Waals surface area contributed by atoms with E-state index in [-0.39, 0.29) is 16.9 Å². The first-order valence-corrected chi connectivity index (χ1v) is 8.13. The molecule has 0 aromatic heterocycles. The summed E-state index contributed by atoms with van der Waals surface area (Å²) in [5, 5.41) is 21.7. The topological polar surface area (TPSA) is 58.9 Å². The van der Waals surface area contributed by atoms with Crippen LogP contribution in [0.4, 0.5) is 0 Å². The van der Waals surface area contributed by atoms with Crippen LogP contribution in [-0.2, 0) is 9.47 Å². The van der Waals surface area contributed by atoms with Crippen molar-refractivity contribution in [2.75, 3.05) is 19.8 Å². The van der Waals surface area contributed by atoms with Gasteiger partial charge in [0.2, 0.25) is 0 Å². The minimum absolute atomic E-state index is 0.0115. The maximum absolute atomic E-state index is 10.9. The van der Waals surface area contributed by atoms with Gasteiger partial charge in [0.15, 0.2) is 0 Å². The monoisotopic (exact) mass is 300 g/mol. The third-order valence-electron chi connectivity index (χ3n) is 5.83. The number of aliphatic hydroxyl groups is 2. The lowest BCUT2D eigenvalue weighted by Crippen LogP contribution is -2.53. The Morgan fingerprint density at radius 1 is 1.00 bits per heavy atom. The van der Waals surface area contributed by atoms with Crippen molar-refractivity contribution in [3.05, 3.63) is 0 Å². The zero-order valence-electron chi connectivity index (χ0n) is 14.2. The Morgan fingerprint density at radius 3 is 2.14 bits per heavy atom. The highest BCUT2D eigenvalue weighted by Crippen LogP contribution is 2.46. The second-order valence-electron chi connectivity index (χ2n) is 8.65. The second-order valence-corrected chi connectivity index (χ2v) is 8.65. The Hall–Kier alpha value is -0.160. The molecule has 0 bridgehead atoms. The fourth-order valence-corrected chi connectivity index (χ4v) is 3.59. The molecule has 2 fully saturated rings. The van der Waals surface area contributed by atoms with Crippen LogP contribution >= 0.6 is 0 Å². The van der Waals surface area contributed by atoms with Gasteiger partial charge in [-0.2, -0.15) is 0 Å². The molecular formula is C17H32O4. The minimum Gasteiger partial charge on any atom is -0.389 e. The van der Waals surface area contributed by atoms with Crippen LogP contribution in [0.25, 0.3) is 0 Å². The number of hydrogen-bond acceptors (Lipinski definition) is 4. The second kappa shape index (κ2) is 5.48. The highest BCUT2D eigenvalue weighted by Gasteiger charge is 2.50. The fourth-order valence-electron chi connectivity index (χ4n) is 3.59. The van der Waals surface area contributed by atoms with E-state index in [9.17, 15) is 10.2 Å². The zero-order valence-corrected chi connectivity index (χ0v) is 14.2. The minimum atomic E-state index is -0.784. The molecule has 2 aliphatic heterocycles. The van der Waals surface area contributed by atoms with Gasteiger partial charge >= 0.3 is 0 Å². The van der Waals surface area contributed by atoms with Crippen molar-refractivity contribution >= 4 is 0 Å². The summed E-state index contributed by atoms with van der Waals surface area (Å²) < 4.78 is 11.3. The van der Waals surface area contributed by atoms with E-state index in [0.717, 1.165) is 6.42 Å². The Kier molecular flexibility index (Phi) is 4.49. The van der Waals surface area contributed by atoms with E-state index in [0.29, 0.717) is 39.1 Å². The first-order chi connectivity index (χ1) is 9.49. The molecule has 21 heavy (non-hydrogen) atoms. The molecule has 4 heteroatoms. The summed E-state index contributed by atoms with van der Waals surface area (Å²) in [6.45, 7) is 12.0. The summed E-state index contributed by atoms with van der Waals surface area (Å²) in [6.07, 6.45) is 2.72. The molecule has 2 rings (SSSR count). The van der Waals surface area contributed by atoms with Gasteiger partial charge in [0, 0.05) is 32.5 Å². The van der Waals surface area contributed by atoms with Gasteiger partial charge in [-0.1, -0.05) is 34.6 Å². The summed E-state index contributed by atoms with van der Waals surface area (Å²) >= 11 is 0. The lowest BCUT2D eigenvalue weighted by atomic mass is 9.66. The predicted molar refractivity (Wildman–Crippen MR) is 82.2 cm³/mol. The van der Waals surface area contributed by atoms with Crippen molar-refractivity contribution < 1.29 is 19.7 Å². The third kappa shape index (κ3) is 3.29. The van der Waals surface area contributed by atoms with Gasteiger partial charge in [-0.25, -0.2) is 0 Å². The van der Waals surface area contributed by atoms with Crippen molar-refractivity contribution in [1.29, 1.82) is 0 Å². The third-order valence-corrected chi connectivity index (χ3v) is 5.83. The summed E-state index contributed by atoms with van der Waals surface area (Å²) in [5.41, 5.74) is -1.93. The van der Waals surface area contributed by atoms with E-state index in [4.69, 9.17) is 9.47 Å². The standard InChI is InChI=1S/C17H32O4/c1-14(2,3)16(18)7-9-21-13(11-16)10-15(4,5)17(19)6-8-20-12-17/h13,18-19H,6-12H2,1-5H3. The van der Waals surface area contributed by atoms with E-state index < -0.39 is 11.2 Å². The lowest BCUT2D eigenvalue weighted by Gasteiger charge is -2.48. The predicted octanol–water partition coefficient (Wildman–Crippen LogP) is 2.51. The fraction of sp³-hybridized carbons (Fsp3) is 1.00. The molecule has 2 aliphatic rings. The zero-order chi connectivity index (χ0) is 15.9. The molecule has 0 amide bonds. The van der Waals surface area contributed by atoms with Gasteiger partial charge in [0.05, 0.1) is 23.9 Å². The quantitative estimate of drug-likeness (QED) is 0.841. The average molecular weight is 300 g/mol. The highest BCUT2D eigenvalue weighted by atomic mass is 16.5. The first-order valence-electron chi connectivity index (χ1n) is 8.13. The smallest absolute Gasteiger partial charge is 0.0953 e. The van der Waals surface area contributed by atoms with Gasteiger partial charge in [0.25, 0.3) is 0 Å². The molecule has 0 spiro atoms. The number of ether oxygens (including phenoxy) is 2. The Labute approximate surface area is 128 Å². The molecule has 0 radical (unpaired) electrons. The van der Waals surface area contributed by atoms with Crippen molar-refractivity contribution in [2.45, 2.75) is 77.6 Å². The van der Waals surface area contributed by atoms with Crippen molar-refractivity contribution in [3.63, 3.8) is 0 Å². The molecule has 4 nitrogen and oxygen atoms in total. The van der Waals surface area contributed by atoms with E-state index in [1.54, 1.807) is 0 Å². The molecule has 3 unspecified atom stereocenters. The maximum Gasteiger partial charge on any atom is 0.0953 e. The molecule has 0 saturated carbocycles. The van der Waals surface area contributed by atoms with Gasteiger partial charge in [0.1, 0.15) is 0 Å². The maximum atomic E-state index is 10.9.